The highest BCUT2D eigenvalue weighted by atomic mass is 35.5. The molecule has 1 fully saturated rings. The molecular weight excluding hydrogens is 448 g/mol. The van der Waals surface area contributed by atoms with Gasteiger partial charge in [-0.3, -0.25) is 19.5 Å². The Balaban J connectivity index is 1.48. The molecule has 8 heteroatoms. The SMILES string of the molecule is COc1cc(/C=C2/SC(=O)N(Cc3ccc(Cl)cc3)C2=O)ccc1OCc1ccncc1. The molecule has 3 aromatic rings. The fourth-order valence-corrected chi connectivity index (χ4v) is 4.06. The Kier molecular flexibility index (Phi) is 6.78. The molecule has 2 aromatic carbocycles. The van der Waals surface area contributed by atoms with E-state index in [-0.39, 0.29) is 17.7 Å². The molecule has 0 unspecified atom stereocenters. The summed E-state index contributed by atoms with van der Waals surface area (Å²) < 4.78 is 11.3. The van der Waals surface area contributed by atoms with Gasteiger partial charge >= 0.3 is 0 Å². The zero-order valence-corrected chi connectivity index (χ0v) is 18.7. The second-order valence-corrected chi connectivity index (χ2v) is 8.38. The van der Waals surface area contributed by atoms with Crippen molar-refractivity contribution in [2.45, 2.75) is 13.2 Å². The summed E-state index contributed by atoms with van der Waals surface area (Å²) in [6.45, 7) is 0.575. The third kappa shape index (κ3) is 5.12. The van der Waals surface area contributed by atoms with Crippen LogP contribution < -0.4 is 9.47 Å². The molecule has 2 amide bonds. The van der Waals surface area contributed by atoms with Crippen LogP contribution in [0.1, 0.15) is 16.7 Å². The molecule has 0 spiro atoms. The van der Waals surface area contributed by atoms with Crippen molar-refractivity contribution in [2.24, 2.45) is 0 Å². The van der Waals surface area contributed by atoms with Crippen LogP contribution in [0.25, 0.3) is 6.08 Å². The van der Waals surface area contributed by atoms with E-state index < -0.39 is 0 Å². The van der Waals surface area contributed by atoms with E-state index in [9.17, 15) is 9.59 Å². The number of halogens is 1. The van der Waals surface area contributed by atoms with Gasteiger partial charge in [0.1, 0.15) is 6.61 Å². The van der Waals surface area contributed by atoms with Gasteiger partial charge in [0.05, 0.1) is 18.6 Å². The summed E-state index contributed by atoms with van der Waals surface area (Å²) in [4.78, 5) is 30.8. The number of amides is 2. The van der Waals surface area contributed by atoms with E-state index in [1.165, 1.54) is 4.90 Å². The summed E-state index contributed by atoms with van der Waals surface area (Å²) in [7, 11) is 1.55. The molecule has 162 valence electrons. The predicted octanol–water partition coefficient (Wildman–Crippen LogP) is 5.56. The third-order valence-electron chi connectivity index (χ3n) is 4.76. The fourth-order valence-electron chi connectivity index (χ4n) is 3.09. The van der Waals surface area contributed by atoms with Crippen molar-refractivity contribution in [3.63, 3.8) is 0 Å². The molecule has 0 N–H and O–H groups in total. The van der Waals surface area contributed by atoms with Crippen LogP contribution >= 0.6 is 23.4 Å². The van der Waals surface area contributed by atoms with E-state index in [0.29, 0.717) is 28.0 Å². The Morgan fingerprint density at radius 1 is 1.00 bits per heavy atom. The number of carbonyl (C=O) groups is 2. The maximum absolute atomic E-state index is 12.8. The normalized spacial score (nSPS) is 14.8. The highest BCUT2D eigenvalue weighted by Crippen LogP contribution is 2.35. The predicted molar refractivity (Wildman–Crippen MR) is 125 cm³/mol. The minimum atomic E-state index is -0.327. The van der Waals surface area contributed by atoms with Crippen LogP contribution in [0.3, 0.4) is 0 Å². The van der Waals surface area contributed by atoms with Gasteiger partial charge in [0, 0.05) is 17.4 Å². The Morgan fingerprint density at radius 3 is 2.47 bits per heavy atom. The van der Waals surface area contributed by atoms with Gasteiger partial charge in [-0.25, -0.2) is 0 Å². The average molecular weight is 467 g/mol. The number of thioether (sulfide) groups is 1. The molecule has 0 bridgehead atoms. The van der Waals surface area contributed by atoms with Crippen molar-refractivity contribution < 1.29 is 19.1 Å². The minimum absolute atomic E-state index is 0.199. The topological polar surface area (TPSA) is 68.7 Å². The van der Waals surface area contributed by atoms with E-state index in [0.717, 1.165) is 28.5 Å². The first-order valence-electron chi connectivity index (χ1n) is 9.73. The molecule has 1 aliphatic heterocycles. The molecule has 1 saturated heterocycles. The summed E-state index contributed by atoms with van der Waals surface area (Å²) >= 11 is 6.82. The van der Waals surface area contributed by atoms with Crippen molar-refractivity contribution in [3.05, 3.63) is 93.6 Å². The minimum Gasteiger partial charge on any atom is -0.493 e. The zero-order valence-electron chi connectivity index (χ0n) is 17.2. The first-order valence-corrected chi connectivity index (χ1v) is 10.9. The van der Waals surface area contributed by atoms with Gasteiger partial charge in [0.15, 0.2) is 11.5 Å². The second kappa shape index (κ2) is 9.89. The third-order valence-corrected chi connectivity index (χ3v) is 5.92. The smallest absolute Gasteiger partial charge is 0.293 e. The number of imide groups is 1. The van der Waals surface area contributed by atoms with E-state index in [1.54, 1.807) is 62.0 Å². The second-order valence-electron chi connectivity index (χ2n) is 6.95. The molecule has 0 atom stereocenters. The largest absolute Gasteiger partial charge is 0.493 e. The van der Waals surface area contributed by atoms with E-state index in [4.69, 9.17) is 21.1 Å². The van der Waals surface area contributed by atoms with Gasteiger partial charge in [-0.2, -0.15) is 0 Å². The number of aromatic nitrogens is 1. The molecule has 0 radical (unpaired) electrons. The number of hydrogen-bond acceptors (Lipinski definition) is 6. The summed E-state index contributed by atoms with van der Waals surface area (Å²) in [5, 5.41) is 0.297. The van der Waals surface area contributed by atoms with Gasteiger partial charge in [0.2, 0.25) is 0 Å². The summed E-state index contributed by atoms with van der Waals surface area (Å²) in [5.41, 5.74) is 2.55. The number of pyridine rings is 1. The number of methoxy groups -OCH3 is 1. The number of carbonyl (C=O) groups excluding carboxylic acids is 2. The summed E-state index contributed by atoms with van der Waals surface area (Å²) in [6, 6.07) is 16.2. The lowest BCUT2D eigenvalue weighted by Crippen LogP contribution is -2.27. The Morgan fingerprint density at radius 2 is 1.75 bits per heavy atom. The van der Waals surface area contributed by atoms with Crippen LogP contribution in [0, 0.1) is 0 Å². The molecule has 1 aromatic heterocycles. The Bertz CT molecular complexity index is 1170. The van der Waals surface area contributed by atoms with E-state index >= 15 is 0 Å². The Hall–Kier alpha value is -3.29. The van der Waals surface area contributed by atoms with Crippen molar-refractivity contribution in [3.8, 4) is 11.5 Å². The van der Waals surface area contributed by atoms with Gasteiger partial charge < -0.3 is 9.47 Å². The number of hydrogen-bond donors (Lipinski definition) is 0. The highest BCUT2D eigenvalue weighted by Gasteiger charge is 2.35. The fraction of sp³-hybridized carbons (Fsp3) is 0.125. The van der Waals surface area contributed by atoms with Gasteiger partial charge in [-0.05, 0) is 70.9 Å². The molecule has 32 heavy (non-hydrogen) atoms. The molecule has 1 aliphatic rings. The number of rotatable bonds is 7. The Labute approximate surface area is 194 Å². The van der Waals surface area contributed by atoms with Gasteiger partial charge in [-0.15, -0.1) is 0 Å². The van der Waals surface area contributed by atoms with Crippen molar-refractivity contribution in [2.75, 3.05) is 7.11 Å². The lowest BCUT2D eigenvalue weighted by atomic mass is 10.1. The van der Waals surface area contributed by atoms with Crippen LogP contribution in [0.4, 0.5) is 4.79 Å². The monoisotopic (exact) mass is 466 g/mol. The molecule has 2 heterocycles. The maximum atomic E-state index is 12.8. The quantitative estimate of drug-likeness (QED) is 0.425. The van der Waals surface area contributed by atoms with Crippen LogP contribution in [-0.2, 0) is 17.9 Å². The van der Waals surface area contributed by atoms with Crippen molar-refractivity contribution in [1.29, 1.82) is 0 Å². The lowest BCUT2D eigenvalue weighted by Gasteiger charge is -2.12. The molecule has 4 rings (SSSR count). The maximum Gasteiger partial charge on any atom is 0.293 e. The summed E-state index contributed by atoms with van der Waals surface area (Å²) in [5.74, 6) is 0.789. The lowest BCUT2D eigenvalue weighted by molar-refractivity contribution is -0.123. The standard InChI is InChI=1S/C24H19ClN2O4S/c1-30-21-12-18(4-7-20(21)31-15-17-8-10-26-11-9-17)13-22-23(28)27(24(29)32-22)14-16-2-5-19(25)6-3-16/h2-13H,14-15H2,1H3/b22-13+. The number of nitrogens with zero attached hydrogens (tertiary/aromatic N) is 2. The van der Waals surface area contributed by atoms with Crippen molar-refractivity contribution >= 4 is 40.6 Å². The van der Waals surface area contributed by atoms with Crippen LogP contribution in [0.5, 0.6) is 11.5 Å². The first-order chi connectivity index (χ1) is 15.5. The van der Waals surface area contributed by atoms with Gasteiger partial charge in [0.25, 0.3) is 11.1 Å². The van der Waals surface area contributed by atoms with E-state index in [2.05, 4.69) is 4.98 Å². The zero-order chi connectivity index (χ0) is 22.5. The first kappa shape index (κ1) is 21.9. The molecular formula is C24H19ClN2O4S. The average Bonchev–Trinajstić information content (AvgIpc) is 3.07. The molecule has 6 nitrogen and oxygen atoms in total. The van der Waals surface area contributed by atoms with Crippen LogP contribution in [0.15, 0.2) is 71.9 Å². The van der Waals surface area contributed by atoms with Crippen LogP contribution in [0.2, 0.25) is 5.02 Å². The highest BCUT2D eigenvalue weighted by molar-refractivity contribution is 8.18. The van der Waals surface area contributed by atoms with E-state index in [1.807, 2.05) is 18.2 Å². The molecule has 0 saturated carbocycles. The van der Waals surface area contributed by atoms with Crippen LogP contribution in [-0.4, -0.2) is 28.1 Å². The summed E-state index contributed by atoms with van der Waals surface area (Å²) in [6.07, 6.45) is 5.10. The molecule has 0 aliphatic carbocycles. The number of ether oxygens (including phenoxy) is 2. The van der Waals surface area contributed by atoms with Gasteiger partial charge in [-0.1, -0.05) is 29.8 Å². The number of benzene rings is 2. The van der Waals surface area contributed by atoms with Crippen molar-refractivity contribution in [1.82, 2.24) is 9.88 Å².